The second-order valence-corrected chi connectivity index (χ2v) is 7.84. The largest absolute Gasteiger partial charge is 0.453 e. The molecule has 0 aliphatic carbocycles. The first kappa shape index (κ1) is 21.1. The van der Waals surface area contributed by atoms with E-state index in [2.05, 4.69) is 4.72 Å². The van der Waals surface area contributed by atoms with Crippen LogP contribution < -0.4 is 10.5 Å². The Balaban J connectivity index is 2.91. The molecule has 0 aromatic heterocycles. The zero-order valence-corrected chi connectivity index (χ0v) is 16.3. The summed E-state index contributed by atoms with van der Waals surface area (Å²) < 4.78 is 32.5. The molecule has 8 heteroatoms. The Bertz CT molecular complexity index is 771. The predicted molar refractivity (Wildman–Crippen MR) is 94.7 cm³/mol. The Hall–Kier alpha value is -1.93. The lowest BCUT2D eigenvalue weighted by Gasteiger charge is -2.19. The van der Waals surface area contributed by atoms with Gasteiger partial charge < -0.3 is 10.5 Å². The molecule has 0 saturated heterocycles. The summed E-state index contributed by atoms with van der Waals surface area (Å²) in [5.41, 5.74) is 9.31. The van der Waals surface area contributed by atoms with E-state index < -0.39 is 28.0 Å². The molecule has 0 spiro atoms. The van der Waals surface area contributed by atoms with E-state index in [-0.39, 0.29) is 17.9 Å². The topological polar surface area (TPSA) is 116 Å². The molecule has 0 aliphatic heterocycles. The number of carbonyl (C=O) groups excluding carboxylic acids is 2. The van der Waals surface area contributed by atoms with Crippen LogP contribution in [0.4, 0.5) is 0 Å². The summed E-state index contributed by atoms with van der Waals surface area (Å²) in [6.07, 6.45) is -1.24. The average Bonchev–Trinajstić information content (AvgIpc) is 2.50. The van der Waals surface area contributed by atoms with Crippen LogP contribution in [0.15, 0.2) is 4.90 Å². The molecule has 140 valence electrons. The minimum atomic E-state index is -3.77. The number of amides is 1. The van der Waals surface area contributed by atoms with E-state index in [1.807, 2.05) is 20.8 Å². The Morgan fingerprint density at radius 3 is 1.88 bits per heavy atom. The molecule has 1 atom stereocenters. The van der Waals surface area contributed by atoms with Crippen molar-refractivity contribution in [2.45, 2.75) is 59.0 Å². The first-order chi connectivity index (χ1) is 11.4. The minimum Gasteiger partial charge on any atom is -0.453 e. The van der Waals surface area contributed by atoms with E-state index in [0.29, 0.717) is 11.1 Å². The lowest BCUT2D eigenvalue weighted by molar-refractivity contribution is -0.153. The van der Waals surface area contributed by atoms with Gasteiger partial charge >= 0.3 is 5.97 Å². The van der Waals surface area contributed by atoms with Crippen molar-refractivity contribution in [3.8, 4) is 0 Å². The molecular weight excluding hydrogens is 344 g/mol. The van der Waals surface area contributed by atoms with Gasteiger partial charge in [-0.3, -0.25) is 9.59 Å². The highest BCUT2D eigenvalue weighted by Gasteiger charge is 2.24. The van der Waals surface area contributed by atoms with Gasteiger partial charge in [-0.25, -0.2) is 13.1 Å². The van der Waals surface area contributed by atoms with Gasteiger partial charge in [0.05, 0.1) is 11.3 Å². The van der Waals surface area contributed by atoms with Crippen LogP contribution in [0, 0.1) is 34.6 Å². The monoisotopic (exact) mass is 370 g/mol. The van der Waals surface area contributed by atoms with E-state index in [0.717, 1.165) is 16.7 Å². The lowest BCUT2D eigenvalue weighted by Crippen LogP contribution is -2.32. The fourth-order valence-electron chi connectivity index (χ4n) is 2.54. The van der Waals surface area contributed by atoms with Crippen LogP contribution in [-0.2, 0) is 24.3 Å². The molecule has 0 fully saturated rings. The molecule has 0 radical (unpaired) electrons. The fraction of sp³-hybridized carbons (Fsp3) is 0.529. The Morgan fingerprint density at radius 2 is 1.44 bits per heavy atom. The van der Waals surface area contributed by atoms with Crippen molar-refractivity contribution >= 4 is 21.9 Å². The summed E-state index contributed by atoms with van der Waals surface area (Å²) in [5.74, 6) is -1.45. The number of sulfonamides is 1. The molecule has 0 bridgehead atoms. The van der Waals surface area contributed by atoms with Crippen LogP contribution in [0.3, 0.4) is 0 Å². The summed E-state index contributed by atoms with van der Waals surface area (Å²) >= 11 is 0. The number of rotatable bonds is 7. The molecule has 3 N–H and O–H groups in total. The number of primary amides is 1. The third-order valence-corrected chi connectivity index (χ3v) is 6.26. The Kier molecular flexibility index (Phi) is 6.73. The van der Waals surface area contributed by atoms with Crippen molar-refractivity contribution in [2.75, 3.05) is 6.54 Å². The molecule has 1 unspecified atom stereocenters. The zero-order valence-electron chi connectivity index (χ0n) is 15.5. The van der Waals surface area contributed by atoms with Crippen molar-refractivity contribution in [1.82, 2.24) is 4.72 Å². The first-order valence-electron chi connectivity index (χ1n) is 7.95. The predicted octanol–water partition coefficient (Wildman–Crippen LogP) is 1.31. The van der Waals surface area contributed by atoms with Crippen LogP contribution >= 0.6 is 0 Å². The smallest absolute Gasteiger partial charge is 0.307 e. The third-order valence-electron chi connectivity index (χ3n) is 4.53. The van der Waals surface area contributed by atoms with E-state index in [1.165, 1.54) is 6.92 Å². The summed E-state index contributed by atoms with van der Waals surface area (Å²) in [7, 11) is -3.77. The summed E-state index contributed by atoms with van der Waals surface area (Å²) in [4.78, 5) is 22.7. The van der Waals surface area contributed by atoms with Gasteiger partial charge in [0.25, 0.3) is 5.91 Å². The number of hydrogen-bond donors (Lipinski definition) is 2. The van der Waals surface area contributed by atoms with Crippen LogP contribution in [-0.4, -0.2) is 32.9 Å². The molecule has 0 heterocycles. The van der Waals surface area contributed by atoms with E-state index >= 15 is 0 Å². The maximum atomic E-state index is 12.7. The van der Waals surface area contributed by atoms with Gasteiger partial charge in [-0.2, -0.15) is 0 Å². The van der Waals surface area contributed by atoms with Crippen molar-refractivity contribution in [3.05, 3.63) is 27.8 Å². The van der Waals surface area contributed by atoms with Crippen LogP contribution in [0.2, 0.25) is 0 Å². The molecule has 0 saturated carbocycles. The Morgan fingerprint density at radius 1 is 1.00 bits per heavy atom. The van der Waals surface area contributed by atoms with Crippen LogP contribution in [0.25, 0.3) is 0 Å². The fourth-order valence-corrected chi connectivity index (χ4v) is 4.17. The normalized spacial score (nSPS) is 12.7. The van der Waals surface area contributed by atoms with E-state index in [1.54, 1.807) is 13.8 Å². The molecule has 25 heavy (non-hydrogen) atoms. The highest BCUT2D eigenvalue weighted by Crippen LogP contribution is 2.29. The molecular formula is C17H26N2O5S. The molecule has 1 aromatic rings. The second-order valence-electron chi connectivity index (χ2n) is 6.14. The molecule has 1 rings (SSSR count). The van der Waals surface area contributed by atoms with Crippen LogP contribution in [0.5, 0.6) is 0 Å². The molecule has 1 amide bonds. The lowest BCUT2D eigenvalue weighted by atomic mass is 9.95. The summed E-state index contributed by atoms with van der Waals surface area (Å²) in [5, 5.41) is 0. The first-order valence-corrected chi connectivity index (χ1v) is 9.43. The van der Waals surface area contributed by atoms with Crippen molar-refractivity contribution < 1.29 is 22.7 Å². The number of esters is 1. The van der Waals surface area contributed by atoms with E-state index in [9.17, 15) is 18.0 Å². The number of ether oxygens (including phenoxy) is 1. The van der Waals surface area contributed by atoms with Crippen LogP contribution in [0.1, 0.15) is 41.2 Å². The number of nitrogens with two attached hydrogens (primary N) is 1. The van der Waals surface area contributed by atoms with Gasteiger partial charge in [0.1, 0.15) is 0 Å². The minimum absolute atomic E-state index is 0.127. The van der Waals surface area contributed by atoms with Gasteiger partial charge in [0.2, 0.25) is 10.0 Å². The zero-order chi connectivity index (χ0) is 19.5. The standard InChI is InChI=1S/C17H26N2O5S/c1-9-10(2)12(4)16(13(5)11(9)3)25(22,23)19-8-7-15(20)24-14(6)17(18)21/h14,19H,7-8H2,1-6H3,(H2,18,21). The van der Waals surface area contributed by atoms with Gasteiger partial charge in [0, 0.05) is 6.54 Å². The Labute approximate surface area is 149 Å². The molecule has 7 nitrogen and oxygen atoms in total. The third kappa shape index (κ3) is 4.79. The van der Waals surface area contributed by atoms with Gasteiger partial charge in [-0.1, -0.05) is 0 Å². The number of carbonyl (C=O) groups is 2. The second kappa shape index (κ2) is 7.97. The van der Waals surface area contributed by atoms with Gasteiger partial charge in [-0.15, -0.1) is 0 Å². The summed E-state index contributed by atoms with van der Waals surface area (Å²) in [6, 6.07) is 0. The highest BCUT2D eigenvalue weighted by atomic mass is 32.2. The quantitative estimate of drug-likeness (QED) is 0.702. The number of hydrogen-bond acceptors (Lipinski definition) is 5. The highest BCUT2D eigenvalue weighted by molar-refractivity contribution is 7.89. The number of nitrogens with one attached hydrogen (secondary N) is 1. The molecule has 0 aliphatic rings. The maximum absolute atomic E-state index is 12.7. The van der Waals surface area contributed by atoms with Crippen molar-refractivity contribution in [2.24, 2.45) is 5.73 Å². The van der Waals surface area contributed by atoms with Gasteiger partial charge in [0.15, 0.2) is 6.10 Å². The number of benzene rings is 1. The van der Waals surface area contributed by atoms with Crippen molar-refractivity contribution in [1.29, 1.82) is 0 Å². The van der Waals surface area contributed by atoms with E-state index in [4.69, 9.17) is 10.5 Å². The average molecular weight is 370 g/mol. The van der Waals surface area contributed by atoms with Crippen molar-refractivity contribution in [3.63, 3.8) is 0 Å². The maximum Gasteiger partial charge on any atom is 0.307 e. The molecule has 1 aromatic carbocycles. The van der Waals surface area contributed by atoms with Gasteiger partial charge in [-0.05, 0) is 69.4 Å². The SMILES string of the molecule is Cc1c(C)c(C)c(S(=O)(=O)NCCC(=O)OC(C)C(N)=O)c(C)c1C. The summed E-state index contributed by atoms with van der Waals surface area (Å²) in [6.45, 7) is 10.5.